The number of aromatic nitrogens is 3. The van der Waals surface area contributed by atoms with Gasteiger partial charge in [-0.15, -0.1) is 0 Å². The van der Waals surface area contributed by atoms with E-state index >= 15 is 0 Å². The summed E-state index contributed by atoms with van der Waals surface area (Å²) in [5.74, 6) is 2.49. The third-order valence-corrected chi connectivity index (χ3v) is 3.56. The number of pyridine rings is 1. The second-order valence-corrected chi connectivity index (χ2v) is 5.78. The average molecular weight is 339 g/mol. The number of rotatable bonds is 6. The lowest BCUT2D eigenvalue weighted by Gasteiger charge is -2.16. The van der Waals surface area contributed by atoms with E-state index in [2.05, 4.69) is 39.4 Å². The summed E-state index contributed by atoms with van der Waals surface area (Å²) in [5, 5.41) is 7.43. The van der Waals surface area contributed by atoms with Crippen LogP contribution in [0.2, 0.25) is 0 Å². The van der Waals surface area contributed by atoms with Crippen molar-refractivity contribution in [2.75, 3.05) is 24.9 Å². The molecule has 7 heteroatoms. The molecule has 0 aliphatic rings. The van der Waals surface area contributed by atoms with Gasteiger partial charge in [-0.2, -0.15) is 4.98 Å². The third kappa shape index (κ3) is 3.71. The molecule has 7 nitrogen and oxygen atoms in total. The van der Waals surface area contributed by atoms with Crippen LogP contribution in [0.1, 0.15) is 13.8 Å². The van der Waals surface area contributed by atoms with Crippen LogP contribution in [0.15, 0.2) is 36.7 Å². The zero-order valence-electron chi connectivity index (χ0n) is 14.7. The molecule has 0 spiro atoms. The Hall–Kier alpha value is -3.09. The summed E-state index contributed by atoms with van der Waals surface area (Å²) >= 11 is 0. The Balaban J connectivity index is 2.12. The minimum Gasteiger partial charge on any atom is -0.493 e. The average Bonchev–Trinajstić information content (AvgIpc) is 2.61. The minimum atomic E-state index is 0.222. The largest absolute Gasteiger partial charge is 0.493 e. The fourth-order valence-corrected chi connectivity index (χ4v) is 2.46. The molecule has 3 aromatic rings. The second kappa shape index (κ2) is 7.21. The lowest BCUT2D eigenvalue weighted by Crippen LogP contribution is -2.13. The van der Waals surface area contributed by atoms with Crippen molar-refractivity contribution in [1.82, 2.24) is 15.0 Å². The molecule has 0 amide bonds. The van der Waals surface area contributed by atoms with E-state index in [1.165, 1.54) is 0 Å². The predicted molar refractivity (Wildman–Crippen MR) is 98.9 cm³/mol. The van der Waals surface area contributed by atoms with Crippen molar-refractivity contribution in [2.45, 2.75) is 19.9 Å². The summed E-state index contributed by atoms with van der Waals surface area (Å²) in [6, 6.07) is 7.67. The Morgan fingerprint density at radius 1 is 0.960 bits per heavy atom. The highest BCUT2D eigenvalue weighted by Crippen LogP contribution is 2.35. The van der Waals surface area contributed by atoms with Gasteiger partial charge >= 0.3 is 0 Å². The van der Waals surface area contributed by atoms with Crippen molar-refractivity contribution < 1.29 is 9.47 Å². The first kappa shape index (κ1) is 16.8. The molecular formula is C18H21N5O2. The van der Waals surface area contributed by atoms with Gasteiger partial charge in [0.15, 0.2) is 11.5 Å². The number of hydrogen-bond donors (Lipinski definition) is 2. The highest BCUT2D eigenvalue weighted by atomic mass is 16.5. The van der Waals surface area contributed by atoms with Crippen LogP contribution in [0.5, 0.6) is 11.5 Å². The van der Waals surface area contributed by atoms with Crippen LogP contribution >= 0.6 is 0 Å². The molecule has 130 valence electrons. The lowest BCUT2D eigenvalue weighted by molar-refractivity contribution is 0.356. The van der Waals surface area contributed by atoms with Crippen molar-refractivity contribution in [2.24, 2.45) is 0 Å². The van der Waals surface area contributed by atoms with Crippen LogP contribution in [-0.4, -0.2) is 35.2 Å². The fourth-order valence-electron chi connectivity index (χ4n) is 2.46. The van der Waals surface area contributed by atoms with Gasteiger partial charge in [-0.25, -0.2) is 4.98 Å². The third-order valence-electron chi connectivity index (χ3n) is 3.56. The molecule has 0 radical (unpaired) electrons. The first-order valence-corrected chi connectivity index (χ1v) is 7.98. The van der Waals surface area contributed by atoms with E-state index in [0.717, 1.165) is 22.4 Å². The van der Waals surface area contributed by atoms with E-state index in [9.17, 15) is 0 Å². The maximum Gasteiger partial charge on any atom is 0.229 e. The van der Waals surface area contributed by atoms with Crippen molar-refractivity contribution >= 4 is 28.4 Å². The highest BCUT2D eigenvalue weighted by molar-refractivity contribution is 5.93. The van der Waals surface area contributed by atoms with Crippen LogP contribution in [0.3, 0.4) is 0 Å². The number of hydrogen-bond acceptors (Lipinski definition) is 7. The van der Waals surface area contributed by atoms with E-state index in [1.807, 2.05) is 24.3 Å². The molecule has 1 aromatic carbocycles. The molecular weight excluding hydrogens is 318 g/mol. The molecule has 0 aliphatic carbocycles. The van der Waals surface area contributed by atoms with E-state index in [4.69, 9.17) is 9.47 Å². The van der Waals surface area contributed by atoms with Crippen molar-refractivity contribution in [1.29, 1.82) is 0 Å². The van der Waals surface area contributed by atoms with E-state index in [-0.39, 0.29) is 6.04 Å². The van der Waals surface area contributed by atoms with Gasteiger partial charge in [0.05, 0.1) is 19.7 Å². The summed E-state index contributed by atoms with van der Waals surface area (Å²) in [7, 11) is 3.22. The number of benzene rings is 1. The molecule has 0 unspecified atom stereocenters. The maximum atomic E-state index is 5.40. The fraction of sp³-hybridized carbons (Fsp3) is 0.278. The SMILES string of the molecule is COc1cc2nc(Nc3ccncc3)nc(NC(C)C)c2cc1OC. The molecule has 2 heterocycles. The molecule has 0 atom stereocenters. The summed E-state index contributed by atoms with van der Waals surface area (Å²) in [6.45, 7) is 4.12. The summed E-state index contributed by atoms with van der Waals surface area (Å²) in [4.78, 5) is 13.2. The summed E-state index contributed by atoms with van der Waals surface area (Å²) < 4.78 is 10.8. The Kier molecular flexibility index (Phi) is 4.83. The van der Waals surface area contributed by atoms with Crippen LogP contribution in [0.25, 0.3) is 10.9 Å². The van der Waals surface area contributed by atoms with Gasteiger partial charge in [-0.1, -0.05) is 0 Å². The van der Waals surface area contributed by atoms with Gasteiger partial charge < -0.3 is 20.1 Å². The number of fused-ring (bicyclic) bond motifs is 1. The first-order valence-electron chi connectivity index (χ1n) is 7.98. The summed E-state index contributed by atoms with van der Waals surface area (Å²) in [5.41, 5.74) is 1.62. The van der Waals surface area contributed by atoms with Crippen molar-refractivity contribution in [3.63, 3.8) is 0 Å². The van der Waals surface area contributed by atoms with E-state index < -0.39 is 0 Å². The van der Waals surface area contributed by atoms with Gasteiger partial charge in [0.2, 0.25) is 5.95 Å². The first-order chi connectivity index (χ1) is 12.1. The van der Waals surface area contributed by atoms with Gasteiger partial charge in [-0.3, -0.25) is 4.98 Å². The van der Waals surface area contributed by atoms with Gasteiger partial charge in [-0.05, 0) is 32.0 Å². The number of ether oxygens (including phenoxy) is 2. The standard InChI is InChI=1S/C18H21N5O2/c1-11(2)20-17-13-9-15(24-3)16(25-4)10-14(13)22-18(23-17)21-12-5-7-19-8-6-12/h5-11H,1-4H3,(H2,19,20,21,22,23). The molecule has 2 N–H and O–H groups in total. The van der Waals surface area contributed by atoms with Gasteiger partial charge in [0, 0.05) is 35.6 Å². The van der Waals surface area contributed by atoms with Crippen molar-refractivity contribution in [3.05, 3.63) is 36.7 Å². The predicted octanol–water partition coefficient (Wildman–Crippen LogP) is 3.61. The number of anilines is 3. The second-order valence-electron chi connectivity index (χ2n) is 5.78. The van der Waals surface area contributed by atoms with Crippen LogP contribution < -0.4 is 20.1 Å². The van der Waals surface area contributed by atoms with E-state index in [0.29, 0.717) is 17.4 Å². The van der Waals surface area contributed by atoms with Crippen molar-refractivity contribution in [3.8, 4) is 11.5 Å². The maximum absolute atomic E-state index is 5.40. The molecule has 25 heavy (non-hydrogen) atoms. The van der Waals surface area contributed by atoms with Crippen LogP contribution in [-0.2, 0) is 0 Å². The van der Waals surface area contributed by atoms with Gasteiger partial charge in [0.1, 0.15) is 5.82 Å². The quantitative estimate of drug-likeness (QED) is 0.710. The van der Waals surface area contributed by atoms with Gasteiger partial charge in [0.25, 0.3) is 0 Å². The Morgan fingerprint density at radius 2 is 1.64 bits per heavy atom. The number of nitrogens with zero attached hydrogens (tertiary/aromatic N) is 3. The molecule has 0 saturated carbocycles. The minimum absolute atomic E-state index is 0.222. The highest BCUT2D eigenvalue weighted by Gasteiger charge is 2.14. The molecule has 0 fully saturated rings. The van der Waals surface area contributed by atoms with Crippen LogP contribution in [0, 0.1) is 0 Å². The Labute approximate surface area is 146 Å². The molecule has 0 bridgehead atoms. The zero-order chi connectivity index (χ0) is 17.8. The number of nitrogens with one attached hydrogen (secondary N) is 2. The Morgan fingerprint density at radius 3 is 2.28 bits per heavy atom. The Bertz CT molecular complexity index is 868. The molecule has 0 saturated heterocycles. The molecule has 3 rings (SSSR count). The lowest BCUT2D eigenvalue weighted by atomic mass is 10.2. The number of methoxy groups -OCH3 is 2. The van der Waals surface area contributed by atoms with Crippen LogP contribution in [0.4, 0.5) is 17.5 Å². The monoisotopic (exact) mass is 339 g/mol. The smallest absolute Gasteiger partial charge is 0.229 e. The topological polar surface area (TPSA) is 81.2 Å². The van der Waals surface area contributed by atoms with E-state index in [1.54, 1.807) is 26.6 Å². The normalized spacial score (nSPS) is 10.8. The molecule has 0 aliphatic heterocycles. The molecule has 2 aromatic heterocycles. The summed E-state index contributed by atoms with van der Waals surface area (Å²) in [6.07, 6.45) is 3.43. The zero-order valence-corrected chi connectivity index (χ0v) is 14.7.